The summed E-state index contributed by atoms with van der Waals surface area (Å²) in [6, 6.07) is 1.35. The average Bonchev–Trinajstić information content (AvgIpc) is 2.85. The molecule has 1 fully saturated rings. The molecule has 102 valence electrons. The van der Waals surface area contributed by atoms with Crippen molar-refractivity contribution in [2.24, 2.45) is 5.92 Å². The van der Waals surface area contributed by atoms with E-state index in [2.05, 4.69) is 10.3 Å². The van der Waals surface area contributed by atoms with Crippen LogP contribution >= 0.6 is 0 Å². The molecule has 1 unspecified atom stereocenters. The summed E-state index contributed by atoms with van der Waals surface area (Å²) in [5.41, 5.74) is 0.597. The Morgan fingerprint density at radius 3 is 3.21 bits per heavy atom. The number of likely N-dealkylation sites (tertiary alicyclic amines) is 1. The summed E-state index contributed by atoms with van der Waals surface area (Å²) in [6.07, 6.45) is 6.78. The molecule has 1 N–H and O–H groups in total. The molecule has 0 aromatic carbocycles. The van der Waals surface area contributed by atoms with Crippen LogP contribution in [0, 0.1) is 11.7 Å². The van der Waals surface area contributed by atoms with Gasteiger partial charge >= 0.3 is 0 Å². The van der Waals surface area contributed by atoms with E-state index in [1.54, 1.807) is 6.08 Å². The van der Waals surface area contributed by atoms with E-state index in [1.165, 1.54) is 18.3 Å². The van der Waals surface area contributed by atoms with E-state index in [1.807, 2.05) is 11.9 Å². The molecule has 1 atom stereocenters. The molecule has 0 spiro atoms. The van der Waals surface area contributed by atoms with E-state index < -0.39 is 5.82 Å². The fraction of sp³-hybridized carbons (Fsp3) is 0.429. The predicted molar refractivity (Wildman–Crippen MR) is 71.8 cm³/mol. The smallest absolute Gasteiger partial charge is 0.246 e. The SMILES string of the molecule is CNCC1CCN(C(=O)C=Cc2cncc(F)c2)C1. The lowest BCUT2D eigenvalue weighted by Crippen LogP contribution is -2.28. The lowest BCUT2D eigenvalue weighted by atomic mass is 10.1. The number of halogens is 1. The highest BCUT2D eigenvalue weighted by Gasteiger charge is 2.24. The monoisotopic (exact) mass is 263 g/mol. The van der Waals surface area contributed by atoms with Crippen LogP contribution in [0.15, 0.2) is 24.5 Å². The molecular weight excluding hydrogens is 245 g/mol. The van der Waals surface area contributed by atoms with Crippen molar-refractivity contribution < 1.29 is 9.18 Å². The first-order valence-corrected chi connectivity index (χ1v) is 6.41. The molecule has 5 heteroatoms. The maximum Gasteiger partial charge on any atom is 0.246 e. The first-order valence-electron chi connectivity index (χ1n) is 6.41. The summed E-state index contributed by atoms with van der Waals surface area (Å²) < 4.78 is 12.9. The quantitative estimate of drug-likeness (QED) is 0.833. The lowest BCUT2D eigenvalue weighted by Gasteiger charge is -2.14. The Bertz CT molecular complexity index is 476. The van der Waals surface area contributed by atoms with E-state index in [9.17, 15) is 9.18 Å². The largest absolute Gasteiger partial charge is 0.339 e. The minimum absolute atomic E-state index is 0.0251. The third-order valence-corrected chi connectivity index (χ3v) is 3.23. The highest BCUT2D eigenvalue weighted by atomic mass is 19.1. The van der Waals surface area contributed by atoms with E-state index >= 15 is 0 Å². The Balaban J connectivity index is 1.91. The zero-order valence-corrected chi connectivity index (χ0v) is 11.0. The van der Waals surface area contributed by atoms with Gasteiger partial charge in [0.1, 0.15) is 5.82 Å². The standard InChI is InChI=1S/C14H18FN3O/c1-16-7-12-4-5-18(10-12)14(19)3-2-11-6-13(15)9-17-8-11/h2-3,6,8-9,12,16H,4-5,7,10H2,1H3. The van der Waals surface area contributed by atoms with E-state index in [0.29, 0.717) is 11.5 Å². The molecule has 19 heavy (non-hydrogen) atoms. The van der Waals surface area contributed by atoms with Crippen LogP contribution in [0.2, 0.25) is 0 Å². The second-order valence-corrected chi connectivity index (χ2v) is 4.77. The highest BCUT2D eigenvalue weighted by Crippen LogP contribution is 2.16. The van der Waals surface area contributed by atoms with E-state index in [4.69, 9.17) is 0 Å². The number of carbonyl (C=O) groups excluding carboxylic acids is 1. The Labute approximate surface area is 112 Å². The van der Waals surface area contributed by atoms with Crippen molar-refractivity contribution in [1.82, 2.24) is 15.2 Å². The number of carbonyl (C=O) groups is 1. The summed E-state index contributed by atoms with van der Waals surface area (Å²) in [5, 5.41) is 3.13. The molecule has 4 nitrogen and oxygen atoms in total. The Hall–Kier alpha value is -1.75. The summed E-state index contributed by atoms with van der Waals surface area (Å²) >= 11 is 0. The molecule has 0 bridgehead atoms. The van der Waals surface area contributed by atoms with Gasteiger partial charge in [-0.15, -0.1) is 0 Å². The molecule has 1 aromatic rings. The van der Waals surface area contributed by atoms with Gasteiger partial charge in [0.05, 0.1) is 6.20 Å². The fourth-order valence-corrected chi connectivity index (χ4v) is 2.28. The number of pyridine rings is 1. The van der Waals surface area contributed by atoms with Crippen molar-refractivity contribution >= 4 is 12.0 Å². The van der Waals surface area contributed by atoms with Crippen LogP contribution in [-0.4, -0.2) is 42.5 Å². The van der Waals surface area contributed by atoms with Crippen molar-refractivity contribution in [2.75, 3.05) is 26.7 Å². The minimum Gasteiger partial charge on any atom is -0.339 e. The average molecular weight is 263 g/mol. The Kier molecular flexibility index (Phi) is 4.63. The van der Waals surface area contributed by atoms with Gasteiger partial charge < -0.3 is 10.2 Å². The van der Waals surface area contributed by atoms with Crippen LogP contribution < -0.4 is 5.32 Å². The summed E-state index contributed by atoms with van der Waals surface area (Å²) in [4.78, 5) is 17.5. The number of nitrogens with zero attached hydrogens (tertiary/aromatic N) is 2. The molecule has 0 aliphatic carbocycles. The molecule has 2 rings (SSSR count). The van der Waals surface area contributed by atoms with Crippen molar-refractivity contribution in [2.45, 2.75) is 6.42 Å². The first kappa shape index (κ1) is 13.7. The van der Waals surface area contributed by atoms with Crippen molar-refractivity contribution in [1.29, 1.82) is 0 Å². The number of rotatable bonds is 4. The molecule has 1 aliphatic rings. The molecule has 1 aromatic heterocycles. The van der Waals surface area contributed by atoms with Crippen molar-refractivity contribution in [3.63, 3.8) is 0 Å². The maximum absolute atomic E-state index is 12.9. The third-order valence-electron chi connectivity index (χ3n) is 3.23. The molecular formula is C14H18FN3O. The third kappa shape index (κ3) is 3.86. The van der Waals surface area contributed by atoms with Crippen LogP contribution in [-0.2, 0) is 4.79 Å². The second kappa shape index (κ2) is 6.43. The first-order chi connectivity index (χ1) is 9.19. The van der Waals surface area contributed by atoms with Gasteiger partial charge in [0.2, 0.25) is 5.91 Å². The highest BCUT2D eigenvalue weighted by molar-refractivity contribution is 5.91. The van der Waals surface area contributed by atoms with Crippen LogP contribution in [0.5, 0.6) is 0 Å². The molecule has 1 saturated heterocycles. The lowest BCUT2D eigenvalue weighted by molar-refractivity contribution is -0.125. The number of amides is 1. The summed E-state index contributed by atoms with van der Waals surface area (Å²) in [5.74, 6) is 0.103. The Morgan fingerprint density at radius 1 is 1.63 bits per heavy atom. The van der Waals surface area contributed by atoms with E-state index in [0.717, 1.165) is 32.3 Å². The van der Waals surface area contributed by atoms with Crippen LogP contribution in [0.4, 0.5) is 4.39 Å². The van der Waals surface area contributed by atoms with Gasteiger partial charge in [-0.3, -0.25) is 9.78 Å². The second-order valence-electron chi connectivity index (χ2n) is 4.77. The molecule has 2 heterocycles. The maximum atomic E-state index is 12.9. The van der Waals surface area contributed by atoms with Crippen molar-refractivity contribution in [3.05, 3.63) is 35.9 Å². The Morgan fingerprint density at radius 2 is 2.47 bits per heavy atom. The van der Waals surface area contributed by atoms with Gasteiger partial charge in [0.25, 0.3) is 0 Å². The normalized spacial score (nSPS) is 19.3. The zero-order chi connectivity index (χ0) is 13.7. The van der Waals surface area contributed by atoms with Gasteiger partial charge in [-0.25, -0.2) is 4.39 Å². The minimum atomic E-state index is -0.398. The van der Waals surface area contributed by atoms with Gasteiger partial charge in [-0.2, -0.15) is 0 Å². The predicted octanol–water partition coefficient (Wildman–Crippen LogP) is 1.30. The number of hydrogen-bond donors (Lipinski definition) is 1. The summed E-state index contributed by atoms with van der Waals surface area (Å²) in [7, 11) is 1.92. The fourth-order valence-electron chi connectivity index (χ4n) is 2.28. The van der Waals surface area contributed by atoms with E-state index in [-0.39, 0.29) is 5.91 Å². The van der Waals surface area contributed by atoms with Crippen LogP contribution in [0.3, 0.4) is 0 Å². The number of aromatic nitrogens is 1. The van der Waals surface area contributed by atoms with Crippen LogP contribution in [0.1, 0.15) is 12.0 Å². The van der Waals surface area contributed by atoms with Gasteiger partial charge in [0.15, 0.2) is 0 Å². The molecule has 0 radical (unpaired) electrons. The van der Waals surface area contributed by atoms with Gasteiger partial charge in [0, 0.05) is 25.4 Å². The van der Waals surface area contributed by atoms with Crippen molar-refractivity contribution in [3.8, 4) is 0 Å². The molecule has 0 saturated carbocycles. The molecule has 1 aliphatic heterocycles. The topological polar surface area (TPSA) is 45.2 Å². The number of hydrogen-bond acceptors (Lipinski definition) is 3. The zero-order valence-electron chi connectivity index (χ0n) is 11.0. The molecule has 1 amide bonds. The van der Waals surface area contributed by atoms with Gasteiger partial charge in [-0.1, -0.05) is 0 Å². The summed E-state index contributed by atoms with van der Waals surface area (Å²) in [6.45, 7) is 2.50. The van der Waals surface area contributed by atoms with Gasteiger partial charge in [-0.05, 0) is 43.6 Å². The van der Waals surface area contributed by atoms with Crippen LogP contribution in [0.25, 0.3) is 6.08 Å². The number of nitrogens with one attached hydrogen (secondary N) is 1.